The molecule has 8 heteroatoms. The standard InChI is InChI=1S/C21H27N7O/c1-4-26-7-9-27(10-8-26)21-22-19-17(20(29)23-21)24-28(25-19)18-13(2)11-16(12-14(18)3)15-5-6-15/h11-12,15H,4-10H2,1-3H3,(H,22,23,25,29). The van der Waals surface area contributed by atoms with E-state index in [9.17, 15) is 4.79 Å². The largest absolute Gasteiger partial charge is 0.340 e. The second-order valence-electron chi connectivity index (χ2n) is 8.25. The summed E-state index contributed by atoms with van der Waals surface area (Å²) in [5.74, 6) is 1.29. The molecule has 0 unspecified atom stereocenters. The van der Waals surface area contributed by atoms with E-state index in [1.165, 1.54) is 18.4 Å². The number of aromatic nitrogens is 5. The van der Waals surface area contributed by atoms with Crippen molar-refractivity contribution in [1.82, 2.24) is 29.9 Å². The number of nitrogens with zero attached hydrogens (tertiary/aromatic N) is 6. The maximum Gasteiger partial charge on any atom is 0.282 e. The van der Waals surface area contributed by atoms with E-state index >= 15 is 0 Å². The van der Waals surface area contributed by atoms with E-state index in [4.69, 9.17) is 0 Å². The van der Waals surface area contributed by atoms with Gasteiger partial charge < -0.3 is 9.80 Å². The van der Waals surface area contributed by atoms with Crippen molar-refractivity contribution in [1.29, 1.82) is 0 Å². The van der Waals surface area contributed by atoms with Crippen molar-refractivity contribution in [2.75, 3.05) is 37.6 Å². The summed E-state index contributed by atoms with van der Waals surface area (Å²) in [5, 5.41) is 9.06. The first-order chi connectivity index (χ1) is 14.0. The summed E-state index contributed by atoms with van der Waals surface area (Å²) in [4.78, 5) is 26.3. The van der Waals surface area contributed by atoms with Crippen LogP contribution in [0.4, 0.5) is 5.95 Å². The van der Waals surface area contributed by atoms with E-state index in [0.29, 0.717) is 17.5 Å². The van der Waals surface area contributed by atoms with E-state index < -0.39 is 0 Å². The van der Waals surface area contributed by atoms with E-state index in [0.717, 1.165) is 49.5 Å². The second kappa shape index (κ2) is 6.95. The SMILES string of the molecule is CCN1CCN(c2nc3nn(-c4c(C)cc(C5CC5)cc4C)nc3c(=O)[nH]2)CC1. The molecule has 1 N–H and O–H groups in total. The van der Waals surface area contributed by atoms with Crippen LogP contribution < -0.4 is 10.5 Å². The number of aryl methyl sites for hydroxylation is 2. The quantitative estimate of drug-likeness (QED) is 0.731. The molecule has 1 saturated heterocycles. The molecule has 152 valence electrons. The van der Waals surface area contributed by atoms with Gasteiger partial charge in [-0.05, 0) is 55.8 Å². The fourth-order valence-electron chi connectivity index (χ4n) is 4.29. The third kappa shape index (κ3) is 3.31. The topological polar surface area (TPSA) is 82.9 Å². The number of rotatable bonds is 4. The molecule has 2 fully saturated rings. The molecule has 3 aromatic rings. The van der Waals surface area contributed by atoms with Crippen LogP contribution in [0.3, 0.4) is 0 Å². The first-order valence-electron chi connectivity index (χ1n) is 10.5. The van der Waals surface area contributed by atoms with Crippen LogP contribution in [-0.4, -0.2) is 62.6 Å². The average Bonchev–Trinajstić information content (AvgIpc) is 3.47. The van der Waals surface area contributed by atoms with Gasteiger partial charge in [0, 0.05) is 26.2 Å². The first kappa shape index (κ1) is 18.3. The van der Waals surface area contributed by atoms with E-state index in [1.807, 2.05) is 0 Å². The summed E-state index contributed by atoms with van der Waals surface area (Å²) in [6.07, 6.45) is 2.55. The summed E-state index contributed by atoms with van der Waals surface area (Å²) in [7, 11) is 0. The molecule has 3 heterocycles. The van der Waals surface area contributed by atoms with Gasteiger partial charge in [-0.25, -0.2) is 0 Å². The highest BCUT2D eigenvalue weighted by atomic mass is 16.1. The molecule has 1 aromatic carbocycles. The molecule has 5 rings (SSSR count). The van der Waals surface area contributed by atoms with Crippen LogP contribution in [0, 0.1) is 13.8 Å². The van der Waals surface area contributed by atoms with Gasteiger partial charge in [-0.2, -0.15) is 4.98 Å². The van der Waals surface area contributed by atoms with Gasteiger partial charge >= 0.3 is 0 Å². The molecule has 0 spiro atoms. The van der Waals surface area contributed by atoms with Crippen LogP contribution in [0.25, 0.3) is 16.9 Å². The summed E-state index contributed by atoms with van der Waals surface area (Å²) >= 11 is 0. The van der Waals surface area contributed by atoms with Crippen molar-refractivity contribution in [2.24, 2.45) is 0 Å². The maximum atomic E-state index is 12.7. The van der Waals surface area contributed by atoms with E-state index in [-0.39, 0.29) is 11.1 Å². The van der Waals surface area contributed by atoms with Crippen molar-refractivity contribution >= 4 is 17.1 Å². The molecule has 2 aliphatic rings. The zero-order valence-electron chi connectivity index (χ0n) is 17.3. The summed E-state index contributed by atoms with van der Waals surface area (Å²) in [6, 6.07) is 4.45. The number of likely N-dealkylation sites (N-methyl/N-ethyl adjacent to an activating group) is 1. The Kier molecular flexibility index (Phi) is 4.38. The monoisotopic (exact) mass is 393 g/mol. The summed E-state index contributed by atoms with van der Waals surface area (Å²) in [6.45, 7) is 11.0. The highest BCUT2D eigenvalue weighted by Crippen LogP contribution is 2.41. The Morgan fingerprint density at radius 2 is 1.76 bits per heavy atom. The van der Waals surface area contributed by atoms with Gasteiger partial charge in [0.2, 0.25) is 11.6 Å². The van der Waals surface area contributed by atoms with E-state index in [2.05, 4.69) is 62.9 Å². The summed E-state index contributed by atoms with van der Waals surface area (Å²) in [5.41, 5.74) is 5.02. The Bertz CT molecular complexity index is 1100. The van der Waals surface area contributed by atoms with Gasteiger partial charge in [0.05, 0.1) is 5.69 Å². The number of nitrogens with one attached hydrogen (secondary N) is 1. The molecular weight excluding hydrogens is 366 g/mol. The number of piperazine rings is 1. The van der Waals surface area contributed by atoms with E-state index in [1.54, 1.807) is 4.80 Å². The predicted octanol–water partition coefficient (Wildman–Crippen LogP) is 2.14. The molecule has 2 aromatic heterocycles. The maximum absolute atomic E-state index is 12.7. The number of fused-ring (bicyclic) bond motifs is 1. The lowest BCUT2D eigenvalue weighted by Gasteiger charge is -2.34. The third-order valence-corrected chi connectivity index (χ3v) is 6.13. The van der Waals surface area contributed by atoms with Gasteiger partial charge in [-0.3, -0.25) is 9.78 Å². The molecule has 1 aliphatic heterocycles. The van der Waals surface area contributed by atoms with Gasteiger partial charge in [-0.1, -0.05) is 19.1 Å². The van der Waals surface area contributed by atoms with Crippen molar-refractivity contribution < 1.29 is 0 Å². The Morgan fingerprint density at radius 3 is 2.38 bits per heavy atom. The van der Waals surface area contributed by atoms with Gasteiger partial charge in [0.1, 0.15) is 0 Å². The Labute approximate surface area is 169 Å². The van der Waals surface area contributed by atoms with Crippen molar-refractivity contribution in [3.05, 3.63) is 39.2 Å². The molecule has 8 nitrogen and oxygen atoms in total. The number of benzene rings is 1. The van der Waals surface area contributed by atoms with Gasteiger partial charge in [0.15, 0.2) is 5.52 Å². The fourth-order valence-corrected chi connectivity index (χ4v) is 4.29. The number of hydrogen-bond acceptors (Lipinski definition) is 6. The minimum absolute atomic E-state index is 0.237. The molecule has 0 atom stereocenters. The van der Waals surface area contributed by atoms with Crippen LogP contribution in [0.15, 0.2) is 16.9 Å². The smallest absolute Gasteiger partial charge is 0.282 e. The Morgan fingerprint density at radius 1 is 1.07 bits per heavy atom. The molecule has 0 radical (unpaired) electrons. The number of H-pyrrole nitrogens is 1. The van der Waals surface area contributed by atoms with Gasteiger partial charge in [0.25, 0.3) is 5.56 Å². The minimum atomic E-state index is -0.237. The van der Waals surface area contributed by atoms with Crippen molar-refractivity contribution in [3.63, 3.8) is 0 Å². The number of hydrogen-bond donors (Lipinski definition) is 1. The normalized spacial score (nSPS) is 18.0. The van der Waals surface area contributed by atoms with Crippen molar-refractivity contribution in [3.8, 4) is 5.69 Å². The first-order valence-corrected chi connectivity index (χ1v) is 10.5. The molecule has 0 bridgehead atoms. The van der Waals surface area contributed by atoms with Crippen LogP contribution in [0.5, 0.6) is 0 Å². The van der Waals surface area contributed by atoms with Crippen LogP contribution in [0.2, 0.25) is 0 Å². The molecular formula is C21H27N7O. The molecule has 0 amide bonds. The molecule has 29 heavy (non-hydrogen) atoms. The second-order valence-corrected chi connectivity index (χ2v) is 8.25. The number of aromatic amines is 1. The van der Waals surface area contributed by atoms with Gasteiger partial charge in [-0.15, -0.1) is 15.0 Å². The van der Waals surface area contributed by atoms with Crippen LogP contribution in [0.1, 0.15) is 42.4 Å². The average molecular weight is 393 g/mol. The Balaban J connectivity index is 1.51. The zero-order valence-corrected chi connectivity index (χ0v) is 17.3. The lowest BCUT2D eigenvalue weighted by Crippen LogP contribution is -2.47. The third-order valence-electron chi connectivity index (χ3n) is 6.13. The van der Waals surface area contributed by atoms with Crippen molar-refractivity contribution in [2.45, 2.75) is 39.5 Å². The predicted molar refractivity (Wildman–Crippen MR) is 113 cm³/mol. The summed E-state index contributed by atoms with van der Waals surface area (Å²) < 4.78 is 0. The highest BCUT2D eigenvalue weighted by Gasteiger charge is 2.25. The lowest BCUT2D eigenvalue weighted by atomic mass is 10.0. The lowest BCUT2D eigenvalue weighted by molar-refractivity contribution is 0.270. The minimum Gasteiger partial charge on any atom is -0.340 e. The Hall–Kier alpha value is -2.74. The van der Waals surface area contributed by atoms with Crippen LogP contribution >= 0.6 is 0 Å². The fraction of sp³-hybridized carbons (Fsp3) is 0.524. The highest BCUT2D eigenvalue weighted by molar-refractivity contribution is 5.70. The number of anilines is 1. The molecule has 1 aliphatic carbocycles. The molecule has 1 saturated carbocycles. The van der Waals surface area contributed by atoms with Crippen LogP contribution in [-0.2, 0) is 0 Å². The zero-order chi connectivity index (χ0) is 20.1.